The number of carbonyl (C=O) groups excluding carboxylic acids is 1. The molecular weight excluding hydrogens is 288 g/mol. The monoisotopic (exact) mass is 298 g/mol. The highest BCUT2D eigenvalue weighted by Crippen LogP contribution is 2.23. The molecule has 1 amide bonds. The fourth-order valence-corrected chi connectivity index (χ4v) is 1.70. The first-order valence-corrected chi connectivity index (χ1v) is 5.80. The predicted molar refractivity (Wildman–Crippen MR) is 71.8 cm³/mol. The number of halogens is 1. The normalized spacial score (nSPS) is 9.85. The lowest BCUT2D eigenvalue weighted by atomic mass is 10.1. The summed E-state index contributed by atoms with van der Waals surface area (Å²) in [4.78, 5) is 33.9. The van der Waals surface area contributed by atoms with Crippen molar-refractivity contribution in [3.63, 3.8) is 0 Å². The Bertz CT molecular complexity index is 573. The molecule has 1 aromatic rings. The van der Waals surface area contributed by atoms with Gasteiger partial charge >= 0.3 is 5.97 Å². The van der Waals surface area contributed by atoms with E-state index in [1.54, 1.807) is 0 Å². The van der Waals surface area contributed by atoms with Gasteiger partial charge in [-0.1, -0.05) is 17.7 Å². The lowest BCUT2D eigenvalue weighted by molar-refractivity contribution is -0.384. The highest BCUT2D eigenvalue weighted by Gasteiger charge is 2.22. The molecule has 0 atom stereocenters. The van der Waals surface area contributed by atoms with Gasteiger partial charge in [-0.15, -0.1) is 6.58 Å². The Morgan fingerprint density at radius 3 is 2.65 bits per heavy atom. The quantitative estimate of drug-likeness (QED) is 0.491. The molecule has 106 valence electrons. The van der Waals surface area contributed by atoms with Crippen LogP contribution in [-0.2, 0) is 4.79 Å². The summed E-state index contributed by atoms with van der Waals surface area (Å²) in [5.74, 6) is -1.91. The van der Waals surface area contributed by atoms with Crippen LogP contribution in [0.3, 0.4) is 0 Å². The van der Waals surface area contributed by atoms with E-state index in [9.17, 15) is 19.7 Å². The maximum absolute atomic E-state index is 12.2. The summed E-state index contributed by atoms with van der Waals surface area (Å²) in [6, 6.07) is 3.40. The maximum atomic E-state index is 12.2. The van der Waals surface area contributed by atoms with Gasteiger partial charge in [-0.2, -0.15) is 0 Å². The number of rotatable bonds is 6. The fraction of sp³-hybridized carbons (Fsp3) is 0.167. The Labute approximate surface area is 119 Å². The van der Waals surface area contributed by atoms with Crippen molar-refractivity contribution in [2.24, 2.45) is 0 Å². The summed E-state index contributed by atoms with van der Waals surface area (Å²) >= 11 is 5.83. The van der Waals surface area contributed by atoms with Crippen molar-refractivity contribution in [3.8, 4) is 0 Å². The van der Waals surface area contributed by atoms with E-state index in [4.69, 9.17) is 16.7 Å². The number of benzene rings is 1. The second-order valence-electron chi connectivity index (χ2n) is 3.79. The van der Waals surface area contributed by atoms with Crippen LogP contribution in [0.15, 0.2) is 30.9 Å². The molecule has 0 heterocycles. The molecule has 0 aromatic heterocycles. The lowest BCUT2D eigenvalue weighted by Gasteiger charge is -2.19. The van der Waals surface area contributed by atoms with Crippen LogP contribution in [0.1, 0.15) is 10.4 Å². The van der Waals surface area contributed by atoms with Gasteiger partial charge in [0.25, 0.3) is 11.6 Å². The molecule has 0 aliphatic heterocycles. The van der Waals surface area contributed by atoms with Crippen LogP contribution < -0.4 is 0 Å². The number of hydrogen-bond donors (Lipinski definition) is 1. The molecule has 1 aromatic carbocycles. The third kappa shape index (κ3) is 3.79. The number of nitro groups is 1. The van der Waals surface area contributed by atoms with Gasteiger partial charge in [0.2, 0.25) is 0 Å². The molecule has 7 nitrogen and oxygen atoms in total. The number of hydrogen-bond acceptors (Lipinski definition) is 4. The molecule has 0 spiro atoms. The van der Waals surface area contributed by atoms with Gasteiger partial charge in [0.15, 0.2) is 0 Å². The zero-order valence-electron chi connectivity index (χ0n) is 10.3. The van der Waals surface area contributed by atoms with E-state index >= 15 is 0 Å². The molecule has 20 heavy (non-hydrogen) atoms. The van der Waals surface area contributed by atoms with Crippen molar-refractivity contribution >= 4 is 29.2 Å². The fourth-order valence-electron chi connectivity index (χ4n) is 1.50. The van der Waals surface area contributed by atoms with Crippen molar-refractivity contribution in [2.75, 3.05) is 13.1 Å². The summed E-state index contributed by atoms with van der Waals surface area (Å²) in [6.45, 7) is 2.86. The van der Waals surface area contributed by atoms with E-state index in [2.05, 4.69) is 6.58 Å². The molecule has 0 saturated carbocycles. The summed E-state index contributed by atoms with van der Waals surface area (Å²) in [5, 5.41) is 19.5. The molecular formula is C12H11ClN2O5. The Morgan fingerprint density at radius 1 is 1.50 bits per heavy atom. The highest BCUT2D eigenvalue weighted by molar-refractivity contribution is 6.34. The number of nitrogens with zero attached hydrogens (tertiary/aromatic N) is 2. The van der Waals surface area contributed by atoms with Gasteiger partial charge in [-0.05, 0) is 6.07 Å². The molecule has 1 rings (SSSR count). The van der Waals surface area contributed by atoms with E-state index in [-0.39, 0.29) is 22.8 Å². The first-order chi connectivity index (χ1) is 9.36. The van der Waals surface area contributed by atoms with Crippen molar-refractivity contribution in [3.05, 3.63) is 51.6 Å². The van der Waals surface area contributed by atoms with Crippen LogP contribution in [0.2, 0.25) is 5.02 Å². The molecule has 0 bridgehead atoms. The molecule has 8 heteroatoms. The minimum absolute atomic E-state index is 0.00977. The third-order valence-electron chi connectivity index (χ3n) is 2.35. The standard InChI is InChI=1S/C12H11ClN2O5/c1-2-5-14(7-11(16)17)12(18)9-6-8(15(19)20)3-4-10(9)13/h2-4,6H,1,5,7H2,(H,16,17). The van der Waals surface area contributed by atoms with E-state index in [1.165, 1.54) is 12.1 Å². The molecule has 1 N–H and O–H groups in total. The molecule has 0 radical (unpaired) electrons. The number of carboxylic acids is 1. The summed E-state index contributed by atoms with van der Waals surface area (Å²) < 4.78 is 0. The van der Waals surface area contributed by atoms with Crippen molar-refractivity contribution < 1.29 is 19.6 Å². The summed E-state index contributed by atoms with van der Waals surface area (Å²) in [7, 11) is 0. The number of carboxylic acid groups (broad SMARTS) is 1. The van der Waals surface area contributed by atoms with Crippen LogP contribution in [-0.4, -0.2) is 39.9 Å². The maximum Gasteiger partial charge on any atom is 0.323 e. The predicted octanol–water partition coefficient (Wildman–Crippen LogP) is 1.96. The second kappa shape index (κ2) is 6.67. The third-order valence-corrected chi connectivity index (χ3v) is 2.68. The van der Waals surface area contributed by atoms with Gasteiger partial charge in [-0.3, -0.25) is 19.7 Å². The number of non-ortho nitro benzene ring substituents is 1. The summed E-state index contributed by atoms with van der Waals surface area (Å²) in [6.07, 6.45) is 1.35. The first kappa shape index (κ1) is 15.6. The average molecular weight is 299 g/mol. The topological polar surface area (TPSA) is 101 Å². The largest absolute Gasteiger partial charge is 0.480 e. The number of amides is 1. The van der Waals surface area contributed by atoms with Crippen molar-refractivity contribution in [1.82, 2.24) is 4.90 Å². The minimum atomic E-state index is -1.21. The second-order valence-corrected chi connectivity index (χ2v) is 4.20. The van der Waals surface area contributed by atoms with Crippen LogP contribution in [0, 0.1) is 10.1 Å². The van der Waals surface area contributed by atoms with Crippen LogP contribution in [0.4, 0.5) is 5.69 Å². The van der Waals surface area contributed by atoms with Crippen LogP contribution in [0.25, 0.3) is 0 Å². The van der Waals surface area contributed by atoms with Gasteiger partial charge in [0.1, 0.15) is 6.54 Å². The first-order valence-electron chi connectivity index (χ1n) is 5.42. The molecule has 0 aliphatic rings. The van der Waals surface area contributed by atoms with Gasteiger partial charge in [0.05, 0.1) is 15.5 Å². The number of aliphatic carboxylic acids is 1. The zero-order chi connectivity index (χ0) is 15.3. The Morgan fingerprint density at radius 2 is 2.15 bits per heavy atom. The lowest BCUT2D eigenvalue weighted by Crippen LogP contribution is -2.35. The molecule has 0 saturated heterocycles. The van der Waals surface area contributed by atoms with Crippen molar-refractivity contribution in [2.45, 2.75) is 0 Å². The minimum Gasteiger partial charge on any atom is -0.480 e. The summed E-state index contributed by atoms with van der Waals surface area (Å²) in [5.41, 5.74) is -0.421. The molecule has 0 aliphatic carbocycles. The van der Waals surface area contributed by atoms with Crippen LogP contribution in [0.5, 0.6) is 0 Å². The highest BCUT2D eigenvalue weighted by atomic mass is 35.5. The molecule has 0 fully saturated rings. The van der Waals surface area contributed by atoms with Gasteiger partial charge in [-0.25, -0.2) is 0 Å². The Kier molecular flexibility index (Phi) is 5.22. The Hall–Kier alpha value is -2.41. The molecule has 0 unspecified atom stereocenters. The smallest absolute Gasteiger partial charge is 0.323 e. The average Bonchev–Trinajstić information content (AvgIpc) is 2.37. The zero-order valence-corrected chi connectivity index (χ0v) is 11.0. The van der Waals surface area contributed by atoms with Gasteiger partial charge < -0.3 is 10.0 Å². The van der Waals surface area contributed by atoms with Crippen molar-refractivity contribution in [1.29, 1.82) is 0 Å². The Balaban J connectivity index is 3.16. The number of carbonyl (C=O) groups is 2. The van der Waals surface area contributed by atoms with Gasteiger partial charge in [0, 0.05) is 18.7 Å². The van der Waals surface area contributed by atoms with Crippen LogP contribution >= 0.6 is 11.6 Å². The SMILES string of the molecule is C=CCN(CC(=O)O)C(=O)c1cc([N+](=O)[O-])ccc1Cl. The van der Waals surface area contributed by atoms with E-state index in [0.717, 1.165) is 17.0 Å². The van der Waals surface area contributed by atoms with E-state index in [0.29, 0.717) is 0 Å². The number of nitro benzene ring substituents is 1. The van der Waals surface area contributed by atoms with E-state index < -0.39 is 23.3 Å². The van der Waals surface area contributed by atoms with E-state index in [1.807, 2.05) is 0 Å².